The number of carboxylic acids is 1. The molecule has 3 atom stereocenters. The Morgan fingerprint density at radius 2 is 1.02 bits per heavy atom. The van der Waals surface area contributed by atoms with Gasteiger partial charge in [-0.3, -0.25) is 23.4 Å². The number of ether oxygens (including phenoxy) is 2. The monoisotopic (exact) mass is 781 g/mol. The molecule has 11 nitrogen and oxygen atoms in total. The summed E-state index contributed by atoms with van der Waals surface area (Å²) in [6.45, 7) is 2.65. The van der Waals surface area contributed by atoms with E-state index in [0.717, 1.165) is 83.5 Å². The van der Waals surface area contributed by atoms with Crippen molar-refractivity contribution in [3.8, 4) is 0 Å². The van der Waals surface area contributed by atoms with Crippen molar-refractivity contribution in [2.24, 2.45) is 5.73 Å². The highest BCUT2D eigenvalue weighted by Gasteiger charge is 2.28. The zero-order valence-electron chi connectivity index (χ0n) is 33.3. The number of carbonyl (C=O) groups is 3. The van der Waals surface area contributed by atoms with Crippen LogP contribution in [0, 0.1) is 0 Å². The van der Waals surface area contributed by atoms with Crippen LogP contribution in [0.2, 0.25) is 0 Å². The van der Waals surface area contributed by atoms with Gasteiger partial charge in [0.2, 0.25) is 0 Å². The fraction of sp³-hybridized carbons (Fsp3) is 0.690. The number of hydrogen-bond acceptors (Lipinski definition) is 9. The van der Waals surface area contributed by atoms with Crippen LogP contribution < -0.4 is 5.73 Å². The maximum atomic E-state index is 12.6. The second-order valence-electron chi connectivity index (χ2n) is 13.4. The van der Waals surface area contributed by atoms with Crippen LogP contribution in [-0.4, -0.2) is 59.9 Å². The number of allylic oxidation sites excluding steroid dienone is 10. The third-order valence-corrected chi connectivity index (χ3v) is 9.17. The zero-order valence-corrected chi connectivity index (χ0v) is 34.2. The molecule has 0 spiro atoms. The van der Waals surface area contributed by atoms with Gasteiger partial charge in [-0.25, -0.2) is 4.57 Å². The lowest BCUT2D eigenvalue weighted by molar-refractivity contribution is -0.161. The minimum Gasteiger partial charge on any atom is -0.480 e. The molecule has 0 aromatic carbocycles. The molecule has 4 N–H and O–H groups in total. The van der Waals surface area contributed by atoms with E-state index < -0.39 is 51.1 Å². The van der Waals surface area contributed by atoms with Gasteiger partial charge >= 0.3 is 25.7 Å². The number of rotatable bonds is 37. The fourth-order valence-electron chi connectivity index (χ4n) is 4.99. The summed E-state index contributed by atoms with van der Waals surface area (Å²) in [6, 6.07) is -1.53. The maximum Gasteiger partial charge on any atom is 0.472 e. The molecular formula is C42H72NO10P. The lowest BCUT2D eigenvalue weighted by Crippen LogP contribution is -2.34. The molecule has 0 aromatic rings. The highest BCUT2D eigenvalue weighted by molar-refractivity contribution is 7.47. The Balaban J connectivity index is 4.50. The molecule has 54 heavy (non-hydrogen) atoms. The molecule has 0 aromatic heterocycles. The van der Waals surface area contributed by atoms with Gasteiger partial charge in [0.15, 0.2) is 6.10 Å². The Kier molecular flexibility index (Phi) is 35.2. The molecule has 0 amide bonds. The van der Waals surface area contributed by atoms with Crippen LogP contribution in [0.5, 0.6) is 0 Å². The van der Waals surface area contributed by atoms with E-state index in [-0.39, 0.29) is 19.4 Å². The van der Waals surface area contributed by atoms with Crippen molar-refractivity contribution in [2.75, 3.05) is 19.8 Å². The number of phosphoric ester groups is 1. The van der Waals surface area contributed by atoms with Crippen molar-refractivity contribution in [3.63, 3.8) is 0 Å². The average molecular weight is 782 g/mol. The standard InChI is InChI=1S/C42H72NO10P/c1-3-5-7-9-11-13-15-17-18-19-20-22-24-26-28-30-32-34-41(45)53-38(36-51-54(48,49)52-37-39(43)42(46)47)35-50-40(44)33-31-29-27-25-23-21-16-14-12-10-8-6-4-2/h7,9,13-16,18-19,22,24,38-39H,3-6,8,10-12,17,20-21,23,25-37,43H2,1-2H3,(H,46,47)(H,48,49)/b9-7+,15-13+,16-14+,19-18+,24-22+/t38-,39+/m1/s1. The van der Waals surface area contributed by atoms with Crippen molar-refractivity contribution in [3.05, 3.63) is 60.8 Å². The van der Waals surface area contributed by atoms with Gasteiger partial charge in [0.05, 0.1) is 13.2 Å². The van der Waals surface area contributed by atoms with Crippen molar-refractivity contribution in [1.29, 1.82) is 0 Å². The number of phosphoric acid groups is 1. The minimum absolute atomic E-state index is 0.119. The highest BCUT2D eigenvalue weighted by Crippen LogP contribution is 2.43. The molecule has 12 heteroatoms. The summed E-state index contributed by atoms with van der Waals surface area (Å²) in [6.07, 6.45) is 41.4. The Labute approximate surface area is 326 Å². The van der Waals surface area contributed by atoms with Crippen LogP contribution >= 0.6 is 7.82 Å². The Morgan fingerprint density at radius 1 is 0.574 bits per heavy atom. The summed E-state index contributed by atoms with van der Waals surface area (Å²) >= 11 is 0. The number of unbranched alkanes of at least 4 members (excludes halogenated alkanes) is 13. The van der Waals surface area contributed by atoms with E-state index in [1.54, 1.807) is 0 Å². The van der Waals surface area contributed by atoms with E-state index in [4.69, 9.17) is 24.8 Å². The molecular weight excluding hydrogens is 709 g/mol. The first kappa shape index (κ1) is 51.2. The van der Waals surface area contributed by atoms with Crippen molar-refractivity contribution in [2.45, 2.75) is 167 Å². The summed E-state index contributed by atoms with van der Waals surface area (Å²) in [5.41, 5.74) is 5.32. The molecule has 0 aliphatic carbocycles. The average Bonchev–Trinajstić information content (AvgIpc) is 3.14. The van der Waals surface area contributed by atoms with Crippen LogP contribution in [0.1, 0.15) is 155 Å². The third kappa shape index (κ3) is 36.2. The van der Waals surface area contributed by atoms with E-state index in [9.17, 15) is 23.8 Å². The number of carbonyl (C=O) groups excluding carboxylic acids is 2. The van der Waals surface area contributed by atoms with E-state index >= 15 is 0 Å². The lowest BCUT2D eigenvalue weighted by atomic mass is 10.1. The minimum atomic E-state index is -4.73. The van der Waals surface area contributed by atoms with Gasteiger partial charge in [-0.15, -0.1) is 0 Å². The Morgan fingerprint density at radius 3 is 1.57 bits per heavy atom. The van der Waals surface area contributed by atoms with Gasteiger partial charge in [-0.1, -0.05) is 126 Å². The summed E-state index contributed by atoms with van der Waals surface area (Å²) in [7, 11) is -4.73. The molecule has 310 valence electrons. The predicted molar refractivity (Wildman–Crippen MR) is 217 cm³/mol. The molecule has 0 saturated heterocycles. The number of aliphatic carboxylic acids is 1. The molecule has 0 rings (SSSR count). The van der Waals surface area contributed by atoms with Crippen LogP contribution in [0.3, 0.4) is 0 Å². The van der Waals surface area contributed by atoms with Gasteiger partial charge in [-0.05, 0) is 77.0 Å². The van der Waals surface area contributed by atoms with Crippen molar-refractivity contribution >= 4 is 25.7 Å². The van der Waals surface area contributed by atoms with Gasteiger partial charge in [0.25, 0.3) is 0 Å². The zero-order chi connectivity index (χ0) is 40.0. The Hall–Kier alpha value is -2.82. The first-order valence-corrected chi connectivity index (χ1v) is 21.8. The van der Waals surface area contributed by atoms with E-state index in [0.29, 0.717) is 12.8 Å². The van der Waals surface area contributed by atoms with Gasteiger partial charge < -0.3 is 25.2 Å². The SMILES string of the molecule is CCC/C=C/C/C=C/C/C=C/C/C=C/CCCCCC(=O)O[C@H](COC(=O)CCCCCCC/C=C/CCCCCC)COP(=O)(O)OC[C@H](N)C(=O)O. The van der Waals surface area contributed by atoms with E-state index in [2.05, 4.69) is 79.1 Å². The number of carboxylic acid groups (broad SMARTS) is 1. The molecule has 0 heterocycles. The van der Waals surface area contributed by atoms with Crippen molar-refractivity contribution in [1.82, 2.24) is 0 Å². The Bertz CT molecular complexity index is 1150. The molecule has 0 aliphatic rings. The quantitative estimate of drug-likeness (QED) is 0.0237. The maximum absolute atomic E-state index is 12.6. The summed E-state index contributed by atoms with van der Waals surface area (Å²) in [4.78, 5) is 45.8. The smallest absolute Gasteiger partial charge is 0.472 e. The van der Waals surface area contributed by atoms with Crippen LogP contribution in [0.4, 0.5) is 0 Å². The predicted octanol–water partition coefficient (Wildman–Crippen LogP) is 10.4. The molecule has 0 saturated carbocycles. The summed E-state index contributed by atoms with van der Waals surface area (Å²) in [5, 5.41) is 8.87. The number of hydrogen-bond donors (Lipinski definition) is 3. The van der Waals surface area contributed by atoms with Crippen LogP contribution in [0.25, 0.3) is 0 Å². The fourth-order valence-corrected chi connectivity index (χ4v) is 5.77. The number of esters is 2. The molecule has 0 aliphatic heterocycles. The summed E-state index contributed by atoms with van der Waals surface area (Å²) in [5.74, 6) is -2.44. The highest BCUT2D eigenvalue weighted by atomic mass is 31.2. The largest absolute Gasteiger partial charge is 0.480 e. The third-order valence-electron chi connectivity index (χ3n) is 8.22. The van der Waals surface area contributed by atoms with Crippen LogP contribution in [-0.2, 0) is 37.5 Å². The lowest BCUT2D eigenvalue weighted by Gasteiger charge is -2.20. The van der Waals surface area contributed by atoms with E-state index in [1.807, 2.05) is 0 Å². The molecule has 0 radical (unpaired) electrons. The number of nitrogens with two attached hydrogens (primary N) is 1. The summed E-state index contributed by atoms with van der Waals surface area (Å²) < 4.78 is 32.6. The molecule has 0 bridgehead atoms. The topological polar surface area (TPSA) is 172 Å². The molecule has 0 fully saturated rings. The van der Waals surface area contributed by atoms with Crippen LogP contribution in [0.15, 0.2) is 60.8 Å². The second kappa shape index (κ2) is 37.1. The first-order valence-electron chi connectivity index (χ1n) is 20.3. The normalized spacial score (nSPS) is 14.4. The second-order valence-corrected chi connectivity index (χ2v) is 14.9. The molecule has 1 unspecified atom stereocenters. The van der Waals surface area contributed by atoms with Gasteiger partial charge in [-0.2, -0.15) is 0 Å². The van der Waals surface area contributed by atoms with E-state index in [1.165, 1.54) is 32.1 Å². The first-order chi connectivity index (χ1) is 26.1. The van der Waals surface area contributed by atoms with Gasteiger partial charge in [0, 0.05) is 12.8 Å². The van der Waals surface area contributed by atoms with Crippen molar-refractivity contribution < 1.29 is 47.5 Å². The van der Waals surface area contributed by atoms with Gasteiger partial charge in [0.1, 0.15) is 12.6 Å².